The molecule has 3 aromatic rings. The van der Waals surface area contributed by atoms with E-state index in [2.05, 4.69) is 10.3 Å². The van der Waals surface area contributed by atoms with Crippen LogP contribution in [0.1, 0.15) is 15.9 Å². The molecule has 120 valence electrons. The van der Waals surface area contributed by atoms with Crippen molar-refractivity contribution in [2.45, 2.75) is 6.54 Å². The average molecular weight is 319 g/mol. The van der Waals surface area contributed by atoms with Crippen LogP contribution in [0.2, 0.25) is 0 Å². The van der Waals surface area contributed by atoms with Gasteiger partial charge in [0.1, 0.15) is 11.5 Å². The minimum atomic E-state index is -0.503. The van der Waals surface area contributed by atoms with Crippen molar-refractivity contribution in [3.8, 4) is 11.5 Å². The normalized spacial score (nSPS) is 10.2. The summed E-state index contributed by atoms with van der Waals surface area (Å²) in [6, 6.07) is 19.1. The molecule has 0 aliphatic heterocycles. The van der Waals surface area contributed by atoms with E-state index in [0.29, 0.717) is 17.8 Å². The SMILES string of the molecule is NC(=O)c1cnccc1NCc1ccc(Oc2ccccc2)cc1. The number of pyridine rings is 1. The van der Waals surface area contributed by atoms with Crippen LogP contribution in [0, 0.1) is 0 Å². The molecule has 2 aromatic carbocycles. The number of amides is 1. The summed E-state index contributed by atoms with van der Waals surface area (Å²) in [4.78, 5) is 15.3. The van der Waals surface area contributed by atoms with Gasteiger partial charge in [0, 0.05) is 18.9 Å². The molecule has 1 heterocycles. The molecular weight excluding hydrogens is 302 g/mol. The molecular formula is C19H17N3O2. The number of rotatable bonds is 6. The third kappa shape index (κ3) is 3.89. The van der Waals surface area contributed by atoms with Crippen LogP contribution in [-0.4, -0.2) is 10.9 Å². The largest absolute Gasteiger partial charge is 0.457 e. The maximum absolute atomic E-state index is 11.4. The first-order valence-corrected chi connectivity index (χ1v) is 7.52. The smallest absolute Gasteiger partial charge is 0.252 e. The van der Waals surface area contributed by atoms with Crippen LogP contribution in [0.3, 0.4) is 0 Å². The van der Waals surface area contributed by atoms with Crippen LogP contribution in [-0.2, 0) is 6.54 Å². The number of para-hydroxylation sites is 1. The van der Waals surface area contributed by atoms with Gasteiger partial charge in [-0.3, -0.25) is 9.78 Å². The van der Waals surface area contributed by atoms with E-state index in [-0.39, 0.29) is 0 Å². The molecule has 3 N–H and O–H groups in total. The van der Waals surface area contributed by atoms with Crippen molar-refractivity contribution in [1.82, 2.24) is 4.98 Å². The predicted octanol–water partition coefficient (Wildman–Crippen LogP) is 3.58. The van der Waals surface area contributed by atoms with E-state index in [9.17, 15) is 4.79 Å². The van der Waals surface area contributed by atoms with Crippen molar-refractivity contribution in [2.75, 3.05) is 5.32 Å². The molecule has 1 amide bonds. The summed E-state index contributed by atoms with van der Waals surface area (Å²) in [6.45, 7) is 0.565. The third-order valence-corrected chi connectivity index (χ3v) is 3.47. The van der Waals surface area contributed by atoms with Crippen molar-refractivity contribution in [2.24, 2.45) is 5.73 Å². The van der Waals surface area contributed by atoms with Gasteiger partial charge in [0.25, 0.3) is 5.91 Å². The van der Waals surface area contributed by atoms with Crippen LogP contribution in [0.4, 0.5) is 5.69 Å². The lowest BCUT2D eigenvalue weighted by molar-refractivity contribution is 0.100. The van der Waals surface area contributed by atoms with Crippen molar-refractivity contribution in [3.05, 3.63) is 84.2 Å². The minimum Gasteiger partial charge on any atom is -0.457 e. The number of hydrogen-bond donors (Lipinski definition) is 2. The Labute approximate surface area is 140 Å². The van der Waals surface area contributed by atoms with Crippen LogP contribution in [0.25, 0.3) is 0 Å². The second-order valence-corrected chi connectivity index (χ2v) is 5.20. The van der Waals surface area contributed by atoms with Crippen LogP contribution in [0.15, 0.2) is 73.1 Å². The molecule has 24 heavy (non-hydrogen) atoms. The monoisotopic (exact) mass is 319 g/mol. The highest BCUT2D eigenvalue weighted by Gasteiger charge is 2.07. The minimum absolute atomic E-state index is 0.376. The van der Waals surface area contributed by atoms with E-state index in [4.69, 9.17) is 10.5 Å². The highest BCUT2D eigenvalue weighted by atomic mass is 16.5. The first kappa shape index (κ1) is 15.6. The van der Waals surface area contributed by atoms with Crippen molar-refractivity contribution >= 4 is 11.6 Å². The molecule has 3 rings (SSSR count). The predicted molar refractivity (Wildman–Crippen MR) is 93.0 cm³/mol. The van der Waals surface area contributed by atoms with E-state index in [0.717, 1.165) is 17.1 Å². The van der Waals surface area contributed by atoms with Gasteiger partial charge in [0.2, 0.25) is 0 Å². The third-order valence-electron chi connectivity index (χ3n) is 3.47. The van der Waals surface area contributed by atoms with Crippen molar-refractivity contribution in [1.29, 1.82) is 0 Å². The zero-order chi connectivity index (χ0) is 16.8. The highest BCUT2D eigenvalue weighted by molar-refractivity contribution is 5.98. The van der Waals surface area contributed by atoms with E-state index in [1.165, 1.54) is 6.20 Å². The summed E-state index contributed by atoms with van der Waals surface area (Å²) in [5.74, 6) is 1.06. The van der Waals surface area contributed by atoms with Gasteiger partial charge in [0.15, 0.2) is 0 Å². The fourth-order valence-corrected chi connectivity index (χ4v) is 2.24. The Balaban J connectivity index is 1.64. The summed E-state index contributed by atoms with van der Waals surface area (Å²) >= 11 is 0. The molecule has 0 radical (unpaired) electrons. The van der Waals surface area contributed by atoms with E-state index in [1.807, 2.05) is 54.6 Å². The lowest BCUT2D eigenvalue weighted by Gasteiger charge is -2.10. The molecule has 5 nitrogen and oxygen atoms in total. The van der Waals surface area contributed by atoms with Gasteiger partial charge >= 0.3 is 0 Å². The molecule has 0 fully saturated rings. The van der Waals surface area contributed by atoms with Crippen LogP contribution >= 0.6 is 0 Å². The number of carbonyl (C=O) groups excluding carboxylic acids is 1. The van der Waals surface area contributed by atoms with Crippen molar-refractivity contribution in [3.63, 3.8) is 0 Å². The fraction of sp³-hybridized carbons (Fsp3) is 0.0526. The number of benzene rings is 2. The molecule has 0 saturated heterocycles. The summed E-state index contributed by atoms with van der Waals surface area (Å²) < 4.78 is 5.76. The van der Waals surface area contributed by atoms with Gasteiger partial charge in [-0.25, -0.2) is 0 Å². The van der Waals surface area contributed by atoms with Gasteiger partial charge in [0.05, 0.1) is 11.3 Å². The van der Waals surface area contributed by atoms with Crippen LogP contribution < -0.4 is 15.8 Å². The Kier molecular flexibility index (Phi) is 4.72. The molecule has 0 bridgehead atoms. The topological polar surface area (TPSA) is 77.2 Å². The van der Waals surface area contributed by atoms with Gasteiger partial charge in [-0.2, -0.15) is 0 Å². The zero-order valence-corrected chi connectivity index (χ0v) is 13.0. The maximum Gasteiger partial charge on any atom is 0.252 e. The quantitative estimate of drug-likeness (QED) is 0.728. The van der Waals surface area contributed by atoms with E-state index >= 15 is 0 Å². The number of carbonyl (C=O) groups is 1. The Bertz CT molecular complexity index is 818. The number of aromatic nitrogens is 1. The Morgan fingerprint density at radius 1 is 1.00 bits per heavy atom. The number of anilines is 1. The van der Waals surface area contributed by atoms with Gasteiger partial charge < -0.3 is 15.8 Å². The molecule has 0 atom stereocenters. The number of hydrogen-bond acceptors (Lipinski definition) is 4. The lowest BCUT2D eigenvalue weighted by Crippen LogP contribution is -2.14. The average Bonchev–Trinajstić information content (AvgIpc) is 2.62. The zero-order valence-electron chi connectivity index (χ0n) is 13.0. The molecule has 0 spiro atoms. The second-order valence-electron chi connectivity index (χ2n) is 5.20. The number of nitrogens with two attached hydrogens (primary N) is 1. The summed E-state index contributed by atoms with van der Waals surface area (Å²) in [5.41, 5.74) is 7.44. The van der Waals surface area contributed by atoms with Gasteiger partial charge in [-0.1, -0.05) is 30.3 Å². The number of nitrogens with zero attached hydrogens (tertiary/aromatic N) is 1. The molecule has 0 saturated carbocycles. The first-order valence-electron chi connectivity index (χ1n) is 7.52. The van der Waals surface area contributed by atoms with Gasteiger partial charge in [-0.05, 0) is 35.9 Å². The maximum atomic E-state index is 11.4. The fourth-order valence-electron chi connectivity index (χ4n) is 2.24. The summed E-state index contributed by atoms with van der Waals surface area (Å²) in [6.07, 6.45) is 3.08. The van der Waals surface area contributed by atoms with Crippen LogP contribution in [0.5, 0.6) is 11.5 Å². The molecule has 5 heteroatoms. The molecule has 1 aromatic heterocycles. The number of primary amides is 1. The number of ether oxygens (including phenoxy) is 1. The van der Waals surface area contributed by atoms with Gasteiger partial charge in [-0.15, -0.1) is 0 Å². The molecule has 0 aliphatic carbocycles. The number of nitrogens with one attached hydrogen (secondary N) is 1. The lowest BCUT2D eigenvalue weighted by atomic mass is 10.2. The summed E-state index contributed by atoms with van der Waals surface area (Å²) in [7, 11) is 0. The first-order chi connectivity index (χ1) is 11.7. The second kappa shape index (κ2) is 7.28. The standard InChI is InChI=1S/C19H17N3O2/c20-19(23)17-13-21-11-10-18(17)22-12-14-6-8-16(9-7-14)24-15-4-2-1-3-5-15/h1-11,13H,12H2,(H2,20,23)(H,21,22). The molecule has 0 unspecified atom stereocenters. The Hall–Kier alpha value is -3.34. The molecule has 0 aliphatic rings. The Morgan fingerprint density at radius 2 is 1.71 bits per heavy atom. The van der Waals surface area contributed by atoms with Crippen molar-refractivity contribution < 1.29 is 9.53 Å². The van der Waals surface area contributed by atoms with E-state index in [1.54, 1.807) is 12.3 Å². The van der Waals surface area contributed by atoms with E-state index < -0.39 is 5.91 Å². The Morgan fingerprint density at radius 3 is 2.42 bits per heavy atom. The highest BCUT2D eigenvalue weighted by Crippen LogP contribution is 2.21. The summed E-state index contributed by atoms with van der Waals surface area (Å²) in [5, 5.41) is 3.20.